The van der Waals surface area contributed by atoms with E-state index in [2.05, 4.69) is 4.90 Å². The molecular formula is C43H74N2O14. The first-order valence-electron chi connectivity index (χ1n) is 21.3. The smallest absolute Gasteiger partial charge is 0.308 e. The Hall–Kier alpha value is -1.90. The molecule has 19 atom stereocenters. The molecule has 0 amide bonds. The number of hydrogen-bond acceptors (Lipinski definition) is 16. The number of aldehydes is 1. The van der Waals surface area contributed by atoms with E-state index in [1.807, 2.05) is 52.2 Å². The van der Waals surface area contributed by atoms with Crippen molar-refractivity contribution in [2.24, 2.45) is 11.8 Å². The van der Waals surface area contributed by atoms with Crippen molar-refractivity contribution in [1.29, 1.82) is 0 Å². The summed E-state index contributed by atoms with van der Waals surface area (Å²) in [5.74, 6) is -1.47. The Morgan fingerprint density at radius 1 is 0.864 bits per heavy atom. The predicted octanol–water partition coefficient (Wildman–Crippen LogP) is 2.33. The number of hydrogen-bond donors (Lipinski definition) is 4. The number of carbonyl (C=O) groups excluding carboxylic acids is 2. The van der Waals surface area contributed by atoms with Crippen LogP contribution in [0.25, 0.3) is 0 Å². The van der Waals surface area contributed by atoms with E-state index < -0.39 is 110 Å². The molecule has 59 heavy (non-hydrogen) atoms. The number of esters is 1. The second-order valence-electron chi connectivity index (χ2n) is 17.8. The van der Waals surface area contributed by atoms with Gasteiger partial charge in [-0.05, 0) is 93.9 Å². The standard InChI is InChI=1S/C43H74N2O14/c1-24-21-29(19-20-46)39(59-42-37(49)36(45(9)10)38(27(4)56-42)58-35-23-43(6,51)41(50)28(5)55-35)40(52-11)31(47)22-33(48)53-25(2)15-13-12-14-16-32(24)57-34-18-17-30(44(7)8)26(3)54-34/h12-14,16,20,24-32,34-42,47,49-51H,15,17-19,21-23H2,1-11H3/b13-12-,16-14+/t24-,25-,26-,27-,28+,29+,30+,31-,32+,34+,35+,36-,37-,38-,39+,40+,41+,42+,43-/m1/s1. The molecule has 0 aliphatic carbocycles. The van der Waals surface area contributed by atoms with Gasteiger partial charge in [-0.15, -0.1) is 0 Å². The maximum Gasteiger partial charge on any atom is 0.308 e. The molecule has 0 aromatic carbocycles. The second-order valence-corrected chi connectivity index (χ2v) is 17.8. The number of allylic oxidation sites excluding steroid dienone is 2. The number of nitrogens with zero attached hydrogens (tertiary/aromatic N) is 2. The van der Waals surface area contributed by atoms with Crippen LogP contribution >= 0.6 is 0 Å². The summed E-state index contributed by atoms with van der Waals surface area (Å²) in [4.78, 5) is 29.5. The highest BCUT2D eigenvalue weighted by atomic mass is 16.7. The lowest BCUT2D eigenvalue weighted by atomic mass is 9.82. The molecule has 0 spiro atoms. The molecule has 3 fully saturated rings. The van der Waals surface area contributed by atoms with Crippen LogP contribution < -0.4 is 0 Å². The van der Waals surface area contributed by atoms with Gasteiger partial charge in [0.15, 0.2) is 18.9 Å². The van der Waals surface area contributed by atoms with Crippen molar-refractivity contribution in [3.8, 4) is 0 Å². The van der Waals surface area contributed by atoms with Gasteiger partial charge in [-0.25, -0.2) is 0 Å². The molecule has 0 aromatic heterocycles. The van der Waals surface area contributed by atoms with Crippen LogP contribution in [0.1, 0.15) is 86.5 Å². The highest BCUT2D eigenvalue weighted by molar-refractivity contribution is 5.70. The van der Waals surface area contributed by atoms with E-state index in [4.69, 9.17) is 37.9 Å². The molecule has 4 rings (SSSR count). The van der Waals surface area contributed by atoms with Gasteiger partial charge in [0.25, 0.3) is 0 Å². The number of methoxy groups -OCH3 is 1. The largest absolute Gasteiger partial charge is 0.462 e. The molecule has 4 heterocycles. The van der Waals surface area contributed by atoms with Crippen LogP contribution in [0, 0.1) is 11.8 Å². The minimum absolute atomic E-state index is 0.00885. The van der Waals surface area contributed by atoms with Crippen molar-refractivity contribution in [2.75, 3.05) is 35.3 Å². The van der Waals surface area contributed by atoms with Crippen LogP contribution in [0.5, 0.6) is 0 Å². The zero-order chi connectivity index (χ0) is 43.8. The van der Waals surface area contributed by atoms with E-state index in [-0.39, 0.29) is 30.9 Å². The number of aliphatic hydroxyl groups is 4. The number of likely N-dealkylation sites (N-methyl/N-ethyl adjacent to an activating group) is 2. The fraction of sp³-hybridized carbons (Fsp3) is 0.860. The van der Waals surface area contributed by atoms with Crippen molar-refractivity contribution in [2.45, 2.75) is 190 Å². The van der Waals surface area contributed by atoms with E-state index >= 15 is 0 Å². The molecule has 4 N–H and O–H groups in total. The topological polar surface area (TPSA) is 195 Å². The van der Waals surface area contributed by atoms with Gasteiger partial charge in [0.1, 0.15) is 36.8 Å². The van der Waals surface area contributed by atoms with E-state index in [1.165, 1.54) is 14.0 Å². The Morgan fingerprint density at radius 2 is 1.56 bits per heavy atom. The van der Waals surface area contributed by atoms with E-state index in [0.717, 1.165) is 12.7 Å². The Labute approximate surface area is 351 Å². The summed E-state index contributed by atoms with van der Waals surface area (Å²) >= 11 is 0. The van der Waals surface area contributed by atoms with Crippen molar-refractivity contribution in [3.05, 3.63) is 24.3 Å². The molecule has 16 heteroatoms. The van der Waals surface area contributed by atoms with Crippen molar-refractivity contribution >= 4 is 12.3 Å². The third kappa shape index (κ3) is 13.3. The first-order valence-corrected chi connectivity index (χ1v) is 21.3. The summed E-state index contributed by atoms with van der Waals surface area (Å²) in [5.41, 5.74) is -1.47. The average molecular weight is 843 g/mol. The van der Waals surface area contributed by atoms with Gasteiger partial charge in [0.05, 0.1) is 54.7 Å². The molecule has 0 radical (unpaired) electrons. The van der Waals surface area contributed by atoms with Crippen LogP contribution in [0.2, 0.25) is 0 Å². The van der Waals surface area contributed by atoms with E-state index in [9.17, 15) is 30.0 Å². The van der Waals surface area contributed by atoms with Gasteiger partial charge < -0.3 is 72.9 Å². The lowest BCUT2D eigenvalue weighted by Gasteiger charge is -2.50. The minimum atomic E-state index is -1.47. The Bertz CT molecular complexity index is 1370. The highest BCUT2D eigenvalue weighted by Gasteiger charge is 2.52. The molecule has 0 saturated carbocycles. The fourth-order valence-electron chi connectivity index (χ4n) is 9.10. The molecule has 0 aromatic rings. The Kier molecular flexibility index (Phi) is 18.9. The molecule has 340 valence electrons. The van der Waals surface area contributed by atoms with Gasteiger partial charge >= 0.3 is 5.97 Å². The van der Waals surface area contributed by atoms with Gasteiger partial charge in [-0.2, -0.15) is 0 Å². The van der Waals surface area contributed by atoms with E-state index in [1.54, 1.807) is 39.8 Å². The lowest BCUT2D eigenvalue weighted by Crippen LogP contribution is -2.65. The van der Waals surface area contributed by atoms with Crippen LogP contribution in [0.3, 0.4) is 0 Å². The average Bonchev–Trinajstić information content (AvgIpc) is 3.13. The van der Waals surface area contributed by atoms with Crippen molar-refractivity contribution < 1.29 is 67.9 Å². The van der Waals surface area contributed by atoms with Gasteiger partial charge in [0.2, 0.25) is 0 Å². The van der Waals surface area contributed by atoms with Crippen molar-refractivity contribution in [3.63, 3.8) is 0 Å². The number of rotatable bonds is 11. The molecule has 0 unspecified atom stereocenters. The third-order valence-corrected chi connectivity index (χ3v) is 12.4. The molecule has 0 bridgehead atoms. The minimum Gasteiger partial charge on any atom is -0.462 e. The van der Waals surface area contributed by atoms with Gasteiger partial charge in [-0.1, -0.05) is 31.2 Å². The quantitative estimate of drug-likeness (QED) is 0.175. The number of aliphatic hydroxyl groups excluding tert-OH is 3. The SMILES string of the molecule is CO[C@@H]1[C@@H](O[C@@H]2O[C@H](C)[C@@H](O[C@H]3C[C@@](C)(O)[C@@H](O)[C@H](C)O3)[C@H](N(C)C)[C@H]2O)[C@@H](CC=O)C[C@@H](C)[C@@H](O[C@H]2CC[C@H](N(C)C)[C@@H](C)O2)/C=C/C=C\C[C@@H](C)OC(=O)C[C@H]1O. The first-order chi connectivity index (χ1) is 27.8. The van der Waals surface area contributed by atoms with Gasteiger partial charge in [-0.3, -0.25) is 4.79 Å². The number of carbonyl (C=O) groups is 2. The molecular weight excluding hydrogens is 768 g/mol. The molecule has 4 aliphatic rings. The van der Waals surface area contributed by atoms with Crippen LogP contribution in [0.4, 0.5) is 0 Å². The Morgan fingerprint density at radius 3 is 2.17 bits per heavy atom. The first kappa shape index (κ1) is 49.8. The maximum atomic E-state index is 13.1. The lowest BCUT2D eigenvalue weighted by molar-refractivity contribution is -0.344. The zero-order valence-electron chi connectivity index (χ0n) is 37.0. The predicted molar refractivity (Wildman–Crippen MR) is 217 cm³/mol. The summed E-state index contributed by atoms with van der Waals surface area (Å²) in [6.45, 7) is 10.8. The fourth-order valence-corrected chi connectivity index (χ4v) is 9.10. The van der Waals surface area contributed by atoms with Crippen LogP contribution in [-0.4, -0.2) is 181 Å². The number of ether oxygens (including phenoxy) is 8. The third-order valence-electron chi connectivity index (χ3n) is 12.4. The van der Waals surface area contributed by atoms with Gasteiger partial charge in [0, 0.05) is 32.4 Å². The molecule has 3 saturated heterocycles. The van der Waals surface area contributed by atoms with Crippen LogP contribution in [-0.2, 0) is 47.5 Å². The summed E-state index contributed by atoms with van der Waals surface area (Å²) in [7, 11) is 9.03. The number of cyclic esters (lactones) is 1. The summed E-state index contributed by atoms with van der Waals surface area (Å²) in [6.07, 6.45) is -1.56. The maximum absolute atomic E-state index is 13.1. The summed E-state index contributed by atoms with van der Waals surface area (Å²) < 4.78 is 50.0. The summed E-state index contributed by atoms with van der Waals surface area (Å²) in [6, 6.07) is -0.466. The monoisotopic (exact) mass is 843 g/mol. The second kappa shape index (κ2) is 22.5. The van der Waals surface area contributed by atoms with E-state index in [0.29, 0.717) is 19.3 Å². The Balaban J connectivity index is 1.66. The summed E-state index contributed by atoms with van der Waals surface area (Å²) in [5, 5.41) is 45.1. The highest BCUT2D eigenvalue weighted by Crippen LogP contribution is 2.37. The molecule has 4 aliphatic heterocycles. The van der Waals surface area contributed by atoms with Crippen LogP contribution in [0.15, 0.2) is 24.3 Å². The zero-order valence-corrected chi connectivity index (χ0v) is 37.0. The normalized spacial score (nSPS) is 45.8. The van der Waals surface area contributed by atoms with Crippen molar-refractivity contribution in [1.82, 2.24) is 9.80 Å². The molecule has 16 nitrogen and oxygen atoms in total.